The Balaban J connectivity index is 1.95. The van der Waals surface area contributed by atoms with Crippen molar-refractivity contribution in [3.8, 4) is 0 Å². The first-order chi connectivity index (χ1) is 9.59. The van der Waals surface area contributed by atoms with Crippen LogP contribution in [0.25, 0.3) is 0 Å². The zero-order chi connectivity index (χ0) is 14.5. The van der Waals surface area contributed by atoms with Crippen LogP contribution in [0.15, 0.2) is 24.3 Å². The molecule has 0 bridgehead atoms. The van der Waals surface area contributed by atoms with E-state index >= 15 is 0 Å². The molecule has 1 atom stereocenters. The topological polar surface area (TPSA) is 32.8 Å². The molecule has 5 heteroatoms. The van der Waals surface area contributed by atoms with E-state index in [0.717, 1.165) is 0 Å². The smallest absolute Gasteiger partial charge is 0.236 e. The Morgan fingerprint density at radius 3 is 2.70 bits per heavy atom. The summed E-state index contributed by atoms with van der Waals surface area (Å²) in [4.78, 5) is 15.8. The van der Waals surface area contributed by atoms with Gasteiger partial charge in [0.25, 0.3) is 0 Å². The molecular weight excluding hydrogens is 259 g/mol. The molecule has 20 heavy (non-hydrogen) atoms. The highest BCUT2D eigenvalue weighted by Gasteiger charge is 2.22. The van der Waals surface area contributed by atoms with E-state index < -0.39 is 0 Å². The quantitative estimate of drug-likeness (QED) is 0.841. The van der Waals surface area contributed by atoms with E-state index in [9.17, 15) is 9.18 Å². The van der Waals surface area contributed by atoms with E-state index in [1.54, 1.807) is 17.0 Å². The lowest BCUT2D eigenvalue weighted by Gasteiger charge is -2.31. The van der Waals surface area contributed by atoms with Crippen molar-refractivity contribution in [1.29, 1.82) is 0 Å². The summed E-state index contributed by atoms with van der Waals surface area (Å²) >= 11 is 0. The van der Waals surface area contributed by atoms with Crippen LogP contribution in [0, 0.1) is 5.82 Å². The Morgan fingerprint density at radius 2 is 2.05 bits per heavy atom. The van der Waals surface area contributed by atoms with Gasteiger partial charge in [0.2, 0.25) is 5.91 Å². The second-order valence-electron chi connectivity index (χ2n) is 5.11. The first-order valence-electron chi connectivity index (χ1n) is 6.90. The third-order valence-electron chi connectivity index (χ3n) is 3.76. The van der Waals surface area contributed by atoms with Gasteiger partial charge in [-0.2, -0.15) is 0 Å². The fourth-order valence-electron chi connectivity index (χ4n) is 2.31. The molecule has 1 fully saturated rings. The zero-order valence-electron chi connectivity index (χ0n) is 12.0. The number of benzene rings is 1. The predicted octanol–water partition coefficient (Wildman–Crippen LogP) is 1.68. The van der Waals surface area contributed by atoms with Crippen molar-refractivity contribution in [2.75, 3.05) is 39.9 Å². The lowest BCUT2D eigenvalue weighted by molar-refractivity contribution is -0.136. The van der Waals surface area contributed by atoms with Crippen molar-refractivity contribution < 1.29 is 13.9 Å². The predicted molar refractivity (Wildman–Crippen MR) is 74.8 cm³/mol. The van der Waals surface area contributed by atoms with E-state index in [1.807, 2.05) is 24.9 Å². The van der Waals surface area contributed by atoms with Crippen molar-refractivity contribution in [3.63, 3.8) is 0 Å². The van der Waals surface area contributed by atoms with Gasteiger partial charge in [0, 0.05) is 24.7 Å². The summed E-state index contributed by atoms with van der Waals surface area (Å²) in [5.74, 6) is -0.162. The molecule has 1 aliphatic rings. The summed E-state index contributed by atoms with van der Waals surface area (Å²) in [7, 11) is 1.84. The van der Waals surface area contributed by atoms with E-state index in [-0.39, 0.29) is 24.3 Å². The number of carbonyl (C=O) groups is 1. The molecule has 2 rings (SSSR count). The van der Waals surface area contributed by atoms with Crippen LogP contribution in [-0.4, -0.2) is 55.6 Å². The number of likely N-dealkylation sites (N-methyl/N-ethyl adjacent to an activating group) is 1. The number of ether oxygens (including phenoxy) is 1. The largest absolute Gasteiger partial charge is 0.378 e. The monoisotopic (exact) mass is 280 g/mol. The summed E-state index contributed by atoms with van der Waals surface area (Å²) in [6, 6.07) is 6.55. The normalized spacial score (nSPS) is 17.3. The maximum atomic E-state index is 13.8. The van der Waals surface area contributed by atoms with E-state index in [1.165, 1.54) is 6.07 Å². The fourth-order valence-corrected chi connectivity index (χ4v) is 2.31. The van der Waals surface area contributed by atoms with E-state index in [2.05, 4.69) is 0 Å². The second kappa shape index (κ2) is 6.81. The lowest BCUT2D eigenvalue weighted by Crippen LogP contribution is -2.45. The summed E-state index contributed by atoms with van der Waals surface area (Å²) in [6.07, 6.45) is 0. The van der Waals surface area contributed by atoms with Gasteiger partial charge >= 0.3 is 0 Å². The molecular formula is C15H21FN2O2. The Kier molecular flexibility index (Phi) is 5.09. The molecule has 0 spiro atoms. The van der Waals surface area contributed by atoms with Crippen molar-refractivity contribution >= 4 is 5.91 Å². The highest BCUT2D eigenvalue weighted by atomic mass is 19.1. The van der Waals surface area contributed by atoms with Gasteiger partial charge in [0.1, 0.15) is 5.82 Å². The van der Waals surface area contributed by atoms with Crippen molar-refractivity contribution in [2.45, 2.75) is 13.0 Å². The molecule has 1 aromatic carbocycles. The van der Waals surface area contributed by atoms with Gasteiger partial charge in [-0.15, -0.1) is 0 Å². The third-order valence-corrected chi connectivity index (χ3v) is 3.76. The van der Waals surface area contributed by atoms with Gasteiger partial charge in [0.05, 0.1) is 19.8 Å². The molecule has 0 radical (unpaired) electrons. The molecule has 1 amide bonds. The number of amides is 1. The Bertz CT molecular complexity index is 461. The SMILES string of the molecule is CC(c1ccccc1F)N(C)CC(=O)N1CCOCC1. The first-order valence-corrected chi connectivity index (χ1v) is 6.90. The van der Waals surface area contributed by atoms with Crippen LogP contribution in [-0.2, 0) is 9.53 Å². The highest BCUT2D eigenvalue weighted by molar-refractivity contribution is 5.78. The molecule has 1 saturated heterocycles. The molecule has 0 saturated carbocycles. The molecule has 1 unspecified atom stereocenters. The number of hydrogen-bond acceptors (Lipinski definition) is 3. The number of carbonyl (C=O) groups excluding carboxylic acids is 1. The Morgan fingerprint density at radius 1 is 1.40 bits per heavy atom. The molecule has 110 valence electrons. The van der Waals surface area contributed by atoms with Gasteiger partial charge < -0.3 is 9.64 Å². The molecule has 1 aromatic rings. The van der Waals surface area contributed by atoms with Crippen molar-refractivity contribution in [2.24, 2.45) is 0 Å². The number of hydrogen-bond donors (Lipinski definition) is 0. The Hall–Kier alpha value is -1.46. The maximum Gasteiger partial charge on any atom is 0.236 e. The standard InChI is InChI=1S/C15H21FN2O2/c1-12(13-5-3-4-6-14(13)16)17(2)11-15(19)18-7-9-20-10-8-18/h3-6,12H,7-11H2,1-2H3. The van der Waals surface area contributed by atoms with Crippen molar-refractivity contribution in [3.05, 3.63) is 35.6 Å². The first kappa shape index (κ1) is 14.9. The summed E-state index contributed by atoms with van der Waals surface area (Å²) in [5.41, 5.74) is 0.616. The number of nitrogens with zero attached hydrogens (tertiary/aromatic N) is 2. The average Bonchev–Trinajstić information content (AvgIpc) is 2.48. The molecule has 0 N–H and O–H groups in total. The second-order valence-corrected chi connectivity index (χ2v) is 5.11. The number of halogens is 1. The molecule has 1 heterocycles. The van der Waals surface area contributed by atoms with Crippen LogP contribution < -0.4 is 0 Å². The minimum Gasteiger partial charge on any atom is -0.378 e. The minimum atomic E-state index is -0.231. The van der Waals surface area contributed by atoms with E-state index in [0.29, 0.717) is 31.9 Å². The van der Waals surface area contributed by atoms with Gasteiger partial charge in [0.15, 0.2) is 0 Å². The fraction of sp³-hybridized carbons (Fsp3) is 0.533. The average molecular weight is 280 g/mol. The van der Waals surface area contributed by atoms with Crippen LogP contribution in [0.5, 0.6) is 0 Å². The number of morpholine rings is 1. The number of rotatable bonds is 4. The van der Waals surface area contributed by atoms with Crippen LogP contribution >= 0.6 is 0 Å². The van der Waals surface area contributed by atoms with Gasteiger partial charge in [-0.05, 0) is 20.0 Å². The summed E-state index contributed by atoms with van der Waals surface area (Å²) in [5, 5.41) is 0. The van der Waals surface area contributed by atoms with Crippen LogP contribution in [0.4, 0.5) is 4.39 Å². The summed E-state index contributed by atoms with van der Waals surface area (Å²) in [6.45, 7) is 4.67. The Labute approximate surface area is 119 Å². The van der Waals surface area contributed by atoms with Crippen LogP contribution in [0.2, 0.25) is 0 Å². The molecule has 4 nitrogen and oxygen atoms in total. The third kappa shape index (κ3) is 3.55. The minimum absolute atomic E-state index is 0.0685. The van der Waals surface area contributed by atoms with Gasteiger partial charge in [-0.1, -0.05) is 18.2 Å². The lowest BCUT2D eigenvalue weighted by atomic mass is 10.1. The van der Waals surface area contributed by atoms with Crippen molar-refractivity contribution in [1.82, 2.24) is 9.80 Å². The zero-order valence-corrected chi connectivity index (χ0v) is 12.0. The molecule has 0 aliphatic carbocycles. The molecule has 0 aromatic heterocycles. The van der Waals surface area contributed by atoms with Gasteiger partial charge in [-0.3, -0.25) is 9.69 Å². The van der Waals surface area contributed by atoms with Crippen LogP contribution in [0.1, 0.15) is 18.5 Å². The van der Waals surface area contributed by atoms with Crippen LogP contribution in [0.3, 0.4) is 0 Å². The molecule has 1 aliphatic heterocycles. The van der Waals surface area contributed by atoms with E-state index in [4.69, 9.17) is 4.74 Å². The maximum absolute atomic E-state index is 13.8. The highest BCUT2D eigenvalue weighted by Crippen LogP contribution is 2.21. The van der Waals surface area contributed by atoms with Gasteiger partial charge in [-0.25, -0.2) is 4.39 Å². The summed E-state index contributed by atoms with van der Waals surface area (Å²) < 4.78 is 19.0.